The van der Waals surface area contributed by atoms with E-state index >= 15 is 0 Å². The molecule has 0 saturated carbocycles. The molecule has 0 fully saturated rings. The SMILES string of the molecule is CCCCCCCCCCCCCCCCCCOC(=O)CC.[H-].[Na+]. The zero-order valence-corrected chi connectivity index (χ0v) is 19.0. The largest absolute Gasteiger partial charge is 1.00 e. The molecule has 0 bridgehead atoms. The number of hydrogen-bond acceptors (Lipinski definition) is 2. The number of ether oxygens (including phenoxy) is 1. The fourth-order valence-electron chi connectivity index (χ4n) is 2.94. The Morgan fingerprint density at radius 1 is 0.625 bits per heavy atom. The summed E-state index contributed by atoms with van der Waals surface area (Å²) in [5.41, 5.74) is 0. The first kappa shape index (κ1) is 26.7. The molecular weight excluding hydrogens is 307 g/mol. The third kappa shape index (κ3) is 22.5. The van der Waals surface area contributed by atoms with Crippen molar-refractivity contribution in [3.05, 3.63) is 0 Å². The van der Waals surface area contributed by atoms with Crippen LogP contribution in [0.3, 0.4) is 0 Å². The van der Waals surface area contributed by atoms with Crippen LogP contribution in [0.2, 0.25) is 0 Å². The Balaban J connectivity index is -0.00000242. The zero-order chi connectivity index (χ0) is 17.0. The average molecular weight is 351 g/mol. The number of unbranched alkanes of at least 4 members (excludes halogenated alkanes) is 15. The van der Waals surface area contributed by atoms with Gasteiger partial charge in [-0.15, -0.1) is 0 Å². The molecule has 0 aliphatic carbocycles. The molecule has 140 valence electrons. The van der Waals surface area contributed by atoms with E-state index in [4.69, 9.17) is 4.74 Å². The minimum Gasteiger partial charge on any atom is -1.00 e. The Morgan fingerprint density at radius 3 is 1.29 bits per heavy atom. The molecule has 2 nitrogen and oxygen atoms in total. The van der Waals surface area contributed by atoms with Crippen molar-refractivity contribution in [2.75, 3.05) is 6.61 Å². The van der Waals surface area contributed by atoms with Crippen LogP contribution in [0.4, 0.5) is 0 Å². The summed E-state index contributed by atoms with van der Waals surface area (Å²) in [5, 5.41) is 0. The van der Waals surface area contributed by atoms with Crippen molar-refractivity contribution < 1.29 is 40.5 Å². The fourth-order valence-corrected chi connectivity index (χ4v) is 2.94. The van der Waals surface area contributed by atoms with Gasteiger partial charge in [0.1, 0.15) is 0 Å². The maximum absolute atomic E-state index is 10.9. The van der Waals surface area contributed by atoms with Crippen molar-refractivity contribution in [1.29, 1.82) is 0 Å². The molecule has 0 heterocycles. The molecule has 0 N–H and O–H groups in total. The van der Waals surface area contributed by atoms with E-state index in [2.05, 4.69) is 6.92 Å². The van der Waals surface area contributed by atoms with Gasteiger partial charge in [-0.25, -0.2) is 0 Å². The number of hydrogen-bond donors (Lipinski definition) is 0. The summed E-state index contributed by atoms with van der Waals surface area (Å²) < 4.78 is 5.07. The summed E-state index contributed by atoms with van der Waals surface area (Å²) in [6.07, 6.45) is 22.5. The molecular formula is C21H43NaO2. The van der Waals surface area contributed by atoms with Crippen LogP contribution in [0.25, 0.3) is 0 Å². The molecule has 0 radical (unpaired) electrons. The monoisotopic (exact) mass is 350 g/mol. The minimum atomic E-state index is -0.0639. The van der Waals surface area contributed by atoms with Crippen LogP contribution in [0.5, 0.6) is 0 Å². The molecule has 24 heavy (non-hydrogen) atoms. The molecule has 0 aromatic heterocycles. The van der Waals surface area contributed by atoms with E-state index in [0.717, 1.165) is 6.42 Å². The predicted molar refractivity (Wildman–Crippen MR) is 102 cm³/mol. The molecule has 0 aliphatic rings. The molecule has 3 heteroatoms. The second-order valence-electron chi connectivity index (χ2n) is 6.88. The molecule has 0 spiro atoms. The summed E-state index contributed by atoms with van der Waals surface area (Å²) in [4.78, 5) is 10.9. The van der Waals surface area contributed by atoms with Crippen molar-refractivity contribution in [2.45, 2.75) is 123 Å². The Hall–Kier alpha value is 0.470. The van der Waals surface area contributed by atoms with Crippen LogP contribution < -0.4 is 29.6 Å². The first-order valence-corrected chi connectivity index (χ1v) is 10.5. The van der Waals surface area contributed by atoms with Crippen LogP contribution in [0.15, 0.2) is 0 Å². The second-order valence-corrected chi connectivity index (χ2v) is 6.88. The van der Waals surface area contributed by atoms with Crippen molar-refractivity contribution in [3.8, 4) is 0 Å². The minimum absolute atomic E-state index is 0. The summed E-state index contributed by atoms with van der Waals surface area (Å²) in [7, 11) is 0. The van der Waals surface area contributed by atoms with E-state index in [1.54, 1.807) is 0 Å². The maximum Gasteiger partial charge on any atom is 1.00 e. The first-order chi connectivity index (χ1) is 11.3. The van der Waals surface area contributed by atoms with E-state index in [1.165, 1.54) is 96.3 Å². The first-order valence-electron chi connectivity index (χ1n) is 10.5. The van der Waals surface area contributed by atoms with Gasteiger partial charge in [-0.1, -0.05) is 110 Å². The van der Waals surface area contributed by atoms with E-state index < -0.39 is 0 Å². The predicted octanol–water partition coefficient (Wildman–Crippen LogP) is 4.32. The normalized spacial score (nSPS) is 10.4. The van der Waals surface area contributed by atoms with Crippen LogP contribution in [-0.2, 0) is 9.53 Å². The quantitative estimate of drug-likeness (QED) is 0.209. The van der Waals surface area contributed by atoms with Crippen LogP contribution in [0, 0.1) is 0 Å². The summed E-state index contributed by atoms with van der Waals surface area (Å²) in [5.74, 6) is -0.0639. The molecule has 0 amide bonds. The van der Waals surface area contributed by atoms with Gasteiger partial charge in [0.05, 0.1) is 6.61 Å². The van der Waals surface area contributed by atoms with Crippen molar-refractivity contribution in [2.24, 2.45) is 0 Å². The fraction of sp³-hybridized carbons (Fsp3) is 0.952. The van der Waals surface area contributed by atoms with Gasteiger partial charge >= 0.3 is 35.5 Å². The smallest absolute Gasteiger partial charge is 1.00 e. The second kappa shape index (κ2) is 23.5. The van der Waals surface area contributed by atoms with Crippen molar-refractivity contribution in [3.63, 3.8) is 0 Å². The molecule has 0 rings (SSSR count). The van der Waals surface area contributed by atoms with Gasteiger partial charge in [0.25, 0.3) is 0 Å². The average Bonchev–Trinajstić information content (AvgIpc) is 2.57. The Morgan fingerprint density at radius 2 is 0.958 bits per heavy atom. The summed E-state index contributed by atoms with van der Waals surface area (Å²) in [6.45, 7) is 4.74. The molecule has 0 aliphatic heterocycles. The molecule has 0 unspecified atom stereocenters. The van der Waals surface area contributed by atoms with E-state index in [1.807, 2.05) is 6.92 Å². The Kier molecular flexibility index (Phi) is 26.1. The Labute approximate surface area is 175 Å². The van der Waals surface area contributed by atoms with Crippen LogP contribution in [-0.4, -0.2) is 12.6 Å². The van der Waals surface area contributed by atoms with Gasteiger partial charge in [-0.3, -0.25) is 4.79 Å². The van der Waals surface area contributed by atoms with Gasteiger partial charge in [0.15, 0.2) is 0 Å². The number of carbonyl (C=O) groups excluding carboxylic acids is 1. The third-order valence-corrected chi connectivity index (χ3v) is 4.55. The topological polar surface area (TPSA) is 26.3 Å². The molecule has 0 saturated heterocycles. The van der Waals surface area contributed by atoms with E-state index in [9.17, 15) is 4.79 Å². The zero-order valence-electron chi connectivity index (χ0n) is 18.0. The van der Waals surface area contributed by atoms with Crippen molar-refractivity contribution >= 4 is 5.97 Å². The standard InChI is InChI=1S/C21H42O2.Na.H/c1-3-5-6-7-8-9-10-11-12-13-14-15-16-17-18-19-20-23-21(22)4-2;;/h3-20H2,1-2H3;;/q;+1;-1. The molecule has 0 aromatic carbocycles. The van der Waals surface area contributed by atoms with Gasteiger partial charge in [0, 0.05) is 6.42 Å². The number of carbonyl (C=O) groups is 1. The van der Waals surface area contributed by atoms with Crippen LogP contribution in [0.1, 0.15) is 124 Å². The number of esters is 1. The number of rotatable bonds is 18. The van der Waals surface area contributed by atoms with Gasteiger partial charge < -0.3 is 6.16 Å². The van der Waals surface area contributed by atoms with Crippen LogP contribution >= 0.6 is 0 Å². The summed E-state index contributed by atoms with van der Waals surface area (Å²) in [6, 6.07) is 0. The van der Waals surface area contributed by atoms with Gasteiger partial charge in [-0.2, -0.15) is 0 Å². The van der Waals surface area contributed by atoms with E-state index in [0.29, 0.717) is 13.0 Å². The molecule has 0 aromatic rings. The third-order valence-electron chi connectivity index (χ3n) is 4.55. The van der Waals surface area contributed by atoms with Gasteiger partial charge in [0.2, 0.25) is 0 Å². The molecule has 0 atom stereocenters. The summed E-state index contributed by atoms with van der Waals surface area (Å²) >= 11 is 0. The van der Waals surface area contributed by atoms with E-state index in [-0.39, 0.29) is 37.0 Å². The van der Waals surface area contributed by atoms with Gasteiger partial charge in [-0.05, 0) is 6.42 Å². The van der Waals surface area contributed by atoms with Crippen molar-refractivity contribution in [1.82, 2.24) is 0 Å². The Bertz CT molecular complexity index is 250. The maximum atomic E-state index is 10.9.